The largest absolute Gasteiger partial charge is 0.342 e. The summed E-state index contributed by atoms with van der Waals surface area (Å²) in [6.45, 7) is 2.30. The lowest BCUT2D eigenvalue weighted by Crippen LogP contribution is -2.10. The van der Waals surface area contributed by atoms with Gasteiger partial charge >= 0.3 is 0 Å². The van der Waals surface area contributed by atoms with Crippen LogP contribution in [0.25, 0.3) is 11.4 Å². The van der Waals surface area contributed by atoms with E-state index in [1.807, 2.05) is 19.4 Å². The maximum absolute atomic E-state index is 4.66. The zero-order valence-electron chi connectivity index (χ0n) is 9.70. The summed E-state index contributed by atoms with van der Waals surface area (Å²) in [5.41, 5.74) is 3.64. The molecular weight excluding hydrogens is 200 g/mol. The Kier molecular flexibility index (Phi) is 2.09. The van der Waals surface area contributed by atoms with Crippen molar-refractivity contribution < 1.29 is 0 Å². The van der Waals surface area contributed by atoms with Crippen LogP contribution in [0.2, 0.25) is 0 Å². The maximum Gasteiger partial charge on any atom is 0.141 e. The average molecular weight is 216 g/mol. The number of H-pyrrole nitrogens is 1. The Morgan fingerprint density at radius 1 is 1.50 bits per heavy atom. The van der Waals surface area contributed by atoms with Crippen molar-refractivity contribution in [1.82, 2.24) is 19.7 Å². The van der Waals surface area contributed by atoms with Crippen LogP contribution in [0.5, 0.6) is 0 Å². The zero-order chi connectivity index (χ0) is 11.1. The molecule has 1 aliphatic rings. The third-order valence-electron chi connectivity index (χ3n) is 3.27. The van der Waals surface area contributed by atoms with E-state index in [1.165, 1.54) is 17.8 Å². The molecule has 2 aromatic heterocycles. The van der Waals surface area contributed by atoms with Gasteiger partial charge in [0.2, 0.25) is 0 Å². The molecule has 4 nitrogen and oxygen atoms in total. The van der Waals surface area contributed by atoms with Gasteiger partial charge in [0.05, 0.1) is 17.5 Å². The fraction of sp³-hybridized carbons (Fsp3) is 0.500. The smallest absolute Gasteiger partial charge is 0.141 e. The quantitative estimate of drug-likeness (QED) is 0.791. The predicted octanol–water partition coefficient (Wildman–Crippen LogP) is 1.93. The minimum Gasteiger partial charge on any atom is -0.342 e. The van der Waals surface area contributed by atoms with E-state index in [2.05, 4.69) is 22.0 Å². The summed E-state index contributed by atoms with van der Waals surface area (Å²) >= 11 is 0. The van der Waals surface area contributed by atoms with Gasteiger partial charge in [-0.25, -0.2) is 4.98 Å². The molecule has 1 atom stereocenters. The van der Waals surface area contributed by atoms with Crippen LogP contribution < -0.4 is 0 Å². The summed E-state index contributed by atoms with van der Waals surface area (Å²) in [5.74, 6) is 1.74. The molecule has 0 saturated heterocycles. The van der Waals surface area contributed by atoms with Gasteiger partial charge in [-0.2, -0.15) is 5.10 Å². The number of aryl methyl sites for hydroxylation is 2. The van der Waals surface area contributed by atoms with E-state index in [0.717, 1.165) is 30.1 Å². The zero-order valence-corrected chi connectivity index (χ0v) is 9.70. The molecule has 1 unspecified atom stereocenters. The molecule has 0 fully saturated rings. The van der Waals surface area contributed by atoms with Gasteiger partial charge in [0.25, 0.3) is 0 Å². The number of aromatic amines is 1. The van der Waals surface area contributed by atoms with Crippen LogP contribution in [-0.2, 0) is 19.9 Å². The van der Waals surface area contributed by atoms with E-state index in [9.17, 15) is 0 Å². The van der Waals surface area contributed by atoms with Crippen molar-refractivity contribution in [3.63, 3.8) is 0 Å². The second-order valence-electron chi connectivity index (χ2n) is 4.76. The molecule has 2 heterocycles. The van der Waals surface area contributed by atoms with Crippen molar-refractivity contribution in [2.75, 3.05) is 0 Å². The first kappa shape index (κ1) is 9.63. The second kappa shape index (κ2) is 3.47. The van der Waals surface area contributed by atoms with Gasteiger partial charge in [-0.1, -0.05) is 6.92 Å². The van der Waals surface area contributed by atoms with Crippen molar-refractivity contribution in [2.45, 2.75) is 26.2 Å². The highest BCUT2D eigenvalue weighted by atomic mass is 15.2. The summed E-state index contributed by atoms with van der Waals surface area (Å²) in [4.78, 5) is 8.09. The number of fused-ring (bicyclic) bond motifs is 1. The number of hydrogen-bond acceptors (Lipinski definition) is 2. The molecule has 2 aromatic rings. The fourth-order valence-corrected chi connectivity index (χ4v) is 2.33. The number of nitrogens with one attached hydrogen (secondary N) is 1. The Balaban J connectivity index is 1.98. The number of aromatic nitrogens is 4. The lowest BCUT2D eigenvalue weighted by atomic mass is 9.92. The Labute approximate surface area is 94.7 Å². The van der Waals surface area contributed by atoms with E-state index in [4.69, 9.17) is 0 Å². The van der Waals surface area contributed by atoms with Crippen LogP contribution in [0.4, 0.5) is 0 Å². The van der Waals surface area contributed by atoms with Crippen molar-refractivity contribution in [2.24, 2.45) is 13.0 Å². The van der Waals surface area contributed by atoms with E-state index >= 15 is 0 Å². The summed E-state index contributed by atoms with van der Waals surface area (Å²) in [7, 11) is 1.93. The van der Waals surface area contributed by atoms with Crippen molar-refractivity contribution in [3.05, 3.63) is 23.8 Å². The van der Waals surface area contributed by atoms with E-state index < -0.39 is 0 Å². The van der Waals surface area contributed by atoms with E-state index in [1.54, 1.807) is 4.68 Å². The number of imidazole rings is 1. The Bertz CT molecular complexity index is 509. The van der Waals surface area contributed by atoms with Gasteiger partial charge in [0, 0.05) is 18.9 Å². The lowest BCUT2D eigenvalue weighted by molar-refractivity contribution is 0.492. The highest BCUT2D eigenvalue weighted by molar-refractivity contribution is 5.53. The summed E-state index contributed by atoms with van der Waals surface area (Å²) in [6, 6.07) is 0. The van der Waals surface area contributed by atoms with Crippen molar-refractivity contribution in [3.8, 4) is 11.4 Å². The van der Waals surface area contributed by atoms with Gasteiger partial charge in [-0.05, 0) is 25.2 Å². The lowest BCUT2D eigenvalue weighted by Gasteiger charge is -2.15. The van der Waals surface area contributed by atoms with Gasteiger partial charge in [0.1, 0.15) is 5.82 Å². The van der Waals surface area contributed by atoms with Crippen molar-refractivity contribution in [1.29, 1.82) is 0 Å². The van der Waals surface area contributed by atoms with Gasteiger partial charge < -0.3 is 4.98 Å². The van der Waals surface area contributed by atoms with E-state index in [-0.39, 0.29) is 0 Å². The first-order valence-electron chi connectivity index (χ1n) is 5.79. The van der Waals surface area contributed by atoms with Crippen LogP contribution in [0, 0.1) is 5.92 Å². The molecular formula is C12H16N4. The summed E-state index contributed by atoms with van der Waals surface area (Å²) in [5, 5.41) is 4.17. The normalized spacial score (nSPS) is 19.8. The van der Waals surface area contributed by atoms with Crippen LogP contribution in [0.3, 0.4) is 0 Å². The monoisotopic (exact) mass is 216 g/mol. The molecule has 0 saturated carbocycles. The van der Waals surface area contributed by atoms with Gasteiger partial charge in [-0.3, -0.25) is 4.68 Å². The fourth-order valence-electron chi connectivity index (χ4n) is 2.33. The molecule has 0 radical (unpaired) electrons. The third kappa shape index (κ3) is 1.54. The summed E-state index contributed by atoms with van der Waals surface area (Å²) in [6.07, 6.45) is 7.33. The van der Waals surface area contributed by atoms with Crippen LogP contribution in [-0.4, -0.2) is 19.7 Å². The molecule has 1 N–H and O–H groups in total. The average Bonchev–Trinajstić information content (AvgIpc) is 2.83. The SMILES string of the molecule is CC1CCc2nc(-c3cnn(C)c3)[nH]c2C1. The first-order chi connectivity index (χ1) is 7.72. The molecule has 0 spiro atoms. The van der Waals surface area contributed by atoms with E-state index in [0.29, 0.717) is 0 Å². The highest BCUT2D eigenvalue weighted by Crippen LogP contribution is 2.26. The molecule has 0 amide bonds. The molecule has 3 rings (SSSR count). The van der Waals surface area contributed by atoms with Crippen molar-refractivity contribution >= 4 is 0 Å². The first-order valence-corrected chi connectivity index (χ1v) is 5.79. The molecule has 0 aromatic carbocycles. The highest BCUT2D eigenvalue weighted by Gasteiger charge is 2.19. The standard InChI is InChI=1S/C12H16N4/c1-8-3-4-10-11(5-8)15-12(14-10)9-6-13-16(2)7-9/h6-8H,3-5H2,1-2H3,(H,14,15). The minimum atomic E-state index is 0.773. The third-order valence-corrected chi connectivity index (χ3v) is 3.27. The van der Waals surface area contributed by atoms with Crippen LogP contribution >= 0.6 is 0 Å². The Hall–Kier alpha value is -1.58. The maximum atomic E-state index is 4.66. The number of nitrogens with zero attached hydrogens (tertiary/aromatic N) is 3. The predicted molar refractivity (Wildman–Crippen MR) is 62.0 cm³/mol. The Morgan fingerprint density at radius 2 is 2.38 bits per heavy atom. The minimum absolute atomic E-state index is 0.773. The topological polar surface area (TPSA) is 46.5 Å². The van der Waals surface area contributed by atoms with Crippen LogP contribution in [0.1, 0.15) is 24.7 Å². The molecule has 16 heavy (non-hydrogen) atoms. The second-order valence-corrected chi connectivity index (χ2v) is 4.76. The molecule has 0 aliphatic heterocycles. The van der Waals surface area contributed by atoms with Gasteiger partial charge in [0.15, 0.2) is 0 Å². The molecule has 84 valence electrons. The molecule has 4 heteroatoms. The number of hydrogen-bond donors (Lipinski definition) is 1. The van der Waals surface area contributed by atoms with Crippen LogP contribution in [0.15, 0.2) is 12.4 Å². The molecule has 0 bridgehead atoms. The van der Waals surface area contributed by atoms with Gasteiger partial charge in [-0.15, -0.1) is 0 Å². The summed E-state index contributed by atoms with van der Waals surface area (Å²) < 4.78 is 1.81. The molecule has 1 aliphatic carbocycles. The Morgan fingerprint density at radius 3 is 3.12 bits per heavy atom. The number of rotatable bonds is 1.